The summed E-state index contributed by atoms with van der Waals surface area (Å²) in [6.45, 7) is 2.28. The van der Waals surface area contributed by atoms with Gasteiger partial charge in [-0.2, -0.15) is 0 Å². The first-order valence-electron chi connectivity index (χ1n) is 15.5. The molecule has 6 unspecified atom stereocenters. The van der Waals surface area contributed by atoms with Gasteiger partial charge in [0.25, 0.3) is 0 Å². The van der Waals surface area contributed by atoms with E-state index in [4.69, 9.17) is 16.3 Å². The summed E-state index contributed by atoms with van der Waals surface area (Å²) in [6.07, 6.45) is 3.27. The Labute approximate surface area is 285 Å². The van der Waals surface area contributed by atoms with Crippen LogP contribution in [-0.4, -0.2) is 47.3 Å². The van der Waals surface area contributed by atoms with Crippen LogP contribution in [0.1, 0.15) is 43.2 Å². The molecule has 0 aromatic heterocycles. The van der Waals surface area contributed by atoms with E-state index in [2.05, 4.69) is 0 Å². The molecule has 46 heavy (non-hydrogen) atoms. The lowest BCUT2D eigenvalue weighted by molar-refractivity contribution is -0.140. The van der Waals surface area contributed by atoms with E-state index >= 15 is 4.79 Å². The second-order valence-corrected chi connectivity index (χ2v) is 14.1. The monoisotopic (exact) mass is 750 g/mol. The number of ether oxygens (including phenoxy) is 1. The molecule has 10 heteroatoms. The summed E-state index contributed by atoms with van der Waals surface area (Å²) in [5, 5.41) is 11.2. The van der Waals surface area contributed by atoms with Crippen LogP contribution in [0.3, 0.4) is 0 Å². The highest BCUT2D eigenvalue weighted by molar-refractivity contribution is 14.1. The molecule has 1 saturated carbocycles. The minimum atomic E-state index is -1.39. The number of phenols is 1. The molecular formula is C36H32ClIN2O6. The third kappa shape index (κ3) is 4.30. The van der Waals surface area contributed by atoms with Crippen molar-refractivity contribution in [1.82, 2.24) is 4.90 Å². The smallest absolute Gasteiger partial charge is 0.246 e. The Balaban J connectivity index is 1.52. The fraction of sp³-hybridized carbons (Fsp3) is 0.333. The number of hydrogen-bond donors (Lipinski definition) is 1. The highest BCUT2D eigenvalue weighted by Crippen LogP contribution is 2.65. The number of benzene rings is 3. The quantitative estimate of drug-likeness (QED) is 0.182. The van der Waals surface area contributed by atoms with Crippen LogP contribution in [0.2, 0.25) is 5.02 Å². The van der Waals surface area contributed by atoms with Crippen LogP contribution in [-0.2, 0) is 24.6 Å². The van der Waals surface area contributed by atoms with E-state index in [9.17, 15) is 19.5 Å². The van der Waals surface area contributed by atoms with E-state index in [1.54, 1.807) is 30.3 Å². The number of halogens is 2. The van der Waals surface area contributed by atoms with Gasteiger partial charge in [-0.1, -0.05) is 66.6 Å². The fourth-order valence-corrected chi connectivity index (χ4v) is 9.35. The molecule has 236 valence electrons. The maximum absolute atomic E-state index is 15.3. The first kappa shape index (κ1) is 30.9. The second kappa shape index (κ2) is 11.5. The van der Waals surface area contributed by atoms with Crippen molar-refractivity contribution >= 4 is 63.5 Å². The zero-order valence-corrected chi connectivity index (χ0v) is 28.2. The topological polar surface area (TPSA) is 104 Å². The Kier molecular flexibility index (Phi) is 7.75. The van der Waals surface area contributed by atoms with Gasteiger partial charge in [0.1, 0.15) is 0 Å². The molecule has 3 aromatic rings. The first-order chi connectivity index (χ1) is 22.1. The molecule has 2 saturated heterocycles. The zero-order valence-electron chi connectivity index (χ0n) is 25.3. The number of methoxy groups -OCH3 is 1. The number of carbonyl (C=O) groups is 4. The molecule has 3 fully saturated rings. The van der Waals surface area contributed by atoms with E-state index in [-0.39, 0.29) is 41.5 Å². The number of carbonyl (C=O) groups excluding carboxylic acids is 4. The van der Waals surface area contributed by atoms with Gasteiger partial charge in [-0.25, -0.2) is 4.90 Å². The normalized spacial score (nSPS) is 28.6. The SMILES string of the molecule is CCCN1C(=O)C2CC=C3C(CC4C(=O)N(c5cccc(Cl)c5)C(=O)C4(c4ccccc4)C3c3cc(I)c(O)c(OC)c3)C2C1=O. The summed E-state index contributed by atoms with van der Waals surface area (Å²) in [4.78, 5) is 60.2. The van der Waals surface area contributed by atoms with E-state index < -0.39 is 35.0 Å². The Hall–Kier alpha value is -3.70. The molecule has 1 N–H and O–H groups in total. The lowest BCUT2D eigenvalue weighted by Crippen LogP contribution is -2.53. The number of nitrogens with zero attached hydrogens (tertiary/aromatic N) is 2. The summed E-state index contributed by atoms with van der Waals surface area (Å²) >= 11 is 8.41. The average Bonchev–Trinajstić information content (AvgIpc) is 3.43. The number of allylic oxidation sites excluding steroid dienone is 2. The molecule has 6 atom stereocenters. The third-order valence-electron chi connectivity index (χ3n) is 10.3. The van der Waals surface area contributed by atoms with Crippen LogP contribution in [0.5, 0.6) is 11.5 Å². The van der Waals surface area contributed by atoms with Crippen LogP contribution >= 0.6 is 34.2 Å². The van der Waals surface area contributed by atoms with Gasteiger partial charge in [-0.05, 0) is 89.2 Å². The standard InChI is InChI=1S/C36H32ClIN2O6/c1-3-14-39-32(42)24-13-12-23-25(29(24)34(39)44)18-26-33(43)40(22-11-7-10-21(37)17-22)35(45)36(26,20-8-5-4-6-9-20)30(23)19-15-27(38)31(41)28(16-19)46-2/h4-12,15-17,24-26,29-30,41H,3,13-14,18H2,1-2H3. The number of aromatic hydroxyl groups is 1. The Morgan fingerprint density at radius 3 is 2.43 bits per heavy atom. The van der Waals surface area contributed by atoms with Crippen LogP contribution in [0.25, 0.3) is 0 Å². The van der Waals surface area contributed by atoms with Gasteiger partial charge in [-0.15, -0.1) is 0 Å². The van der Waals surface area contributed by atoms with Crippen LogP contribution in [0.4, 0.5) is 5.69 Å². The van der Waals surface area contributed by atoms with Crippen molar-refractivity contribution in [2.24, 2.45) is 23.7 Å². The van der Waals surface area contributed by atoms with Gasteiger partial charge in [0, 0.05) is 17.5 Å². The lowest BCUT2D eigenvalue weighted by Gasteiger charge is -2.50. The Bertz CT molecular complexity index is 1830. The zero-order chi connectivity index (χ0) is 32.5. The summed E-state index contributed by atoms with van der Waals surface area (Å²) in [5.41, 5.74) is 1.20. The minimum absolute atomic E-state index is 0.0247. The number of fused-ring (bicyclic) bond motifs is 4. The van der Waals surface area contributed by atoms with Crippen LogP contribution in [0, 0.1) is 27.2 Å². The molecule has 3 aromatic carbocycles. The first-order valence-corrected chi connectivity index (χ1v) is 16.9. The molecule has 0 spiro atoms. The predicted octanol–water partition coefficient (Wildman–Crippen LogP) is 6.23. The number of hydrogen-bond acceptors (Lipinski definition) is 6. The summed E-state index contributed by atoms with van der Waals surface area (Å²) in [7, 11) is 1.47. The molecule has 2 aliphatic carbocycles. The maximum Gasteiger partial charge on any atom is 0.246 e. The number of rotatable bonds is 6. The van der Waals surface area contributed by atoms with Crippen LogP contribution in [0.15, 0.2) is 78.4 Å². The number of anilines is 1. The van der Waals surface area contributed by atoms with Crippen molar-refractivity contribution < 1.29 is 29.0 Å². The van der Waals surface area contributed by atoms with Crippen molar-refractivity contribution in [3.63, 3.8) is 0 Å². The van der Waals surface area contributed by atoms with Gasteiger partial charge < -0.3 is 9.84 Å². The molecule has 4 amide bonds. The second-order valence-electron chi connectivity index (χ2n) is 12.5. The van der Waals surface area contributed by atoms with Crippen molar-refractivity contribution in [2.75, 3.05) is 18.6 Å². The third-order valence-corrected chi connectivity index (χ3v) is 11.4. The van der Waals surface area contributed by atoms with E-state index in [0.29, 0.717) is 44.8 Å². The van der Waals surface area contributed by atoms with Crippen molar-refractivity contribution in [2.45, 2.75) is 37.5 Å². The summed E-state index contributed by atoms with van der Waals surface area (Å²) < 4.78 is 6.10. The molecule has 8 nitrogen and oxygen atoms in total. The minimum Gasteiger partial charge on any atom is -0.504 e. The molecule has 0 radical (unpaired) electrons. The number of phenolic OH excluding ortho intramolecular Hbond substituents is 1. The largest absolute Gasteiger partial charge is 0.504 e. The average molecular weight is 751 g/mol. The number of likely N-dealkylation sites (tertiary alicyclic amines) is 1. The Morgan fingerprint density at radius 1 is 0.978 bits per heavy atom. The molecular weight excluding hydrogens is 719 g/mol. The molecule has 7 rings (SSSR count). The molecule has 2 aliphatic heterocycles. The van der Waals surface area contributed by atoms with E-state index in [0.717, 1.165) is 5.57 Å². The van der Waals surface area contributed by atoms with E-state index in [1.807, 2.05) is 72.0 Å². The van der Waals surface area contributed by atoms with Gasteiger partial charge in [0.05, 0.1) is 39.5 Å². The maximum atomic E-state index is 15.3. The summed E-state index contributed by atoms with van der Waals surface area (Å²) in [5.74, 6) is -4.06. The fourth-order valence-electron chi connectivity index (χ4n) is 8.54. The number of amides is 4. The molecule has 4 aliphatic rings. The van der Waals surface area contributed by atoms with Crippen molar-refractivity contribution in [3.05, 3.63) is 98.1 Å². The van der Waals surface area contributed by atoms with Gasteiger partial charge in [-0.3, -0.25) is 24.1 Å². The van der Waals surface area contributed by atoms with Gasteiger partial charge >= 0.3 is 0 Å². The highest BCUT2D eigenvalue weighted by atomic mass is 127. The van der Waals surface area contributed by atoms with Crippen molar-refractivity contribution in [3.8, 4) is 11.5 Å². The predicted molar refractivity (Wildman–Crippen MR) is 180 cm³/mol. The number of imide groups is 2. The summed E-state index contributed by atoms with van der Waals surface area (Å²) in [6, 6.07) is 19.6. The highest BCUT2D eigenvalue weighted by Gasteiger charge is 2.70. The Morgan fingerprint density at radius 2 is 1.74 bits per heavy atom. The van der Waals surface area contributed by atoms with Crippen molar-refractivity contribution in [1.29, 1.82) is 0 Å². The van der Waals surface area contributed by atoms with E-state index in [1.165, 1.54) is 16.9 Å². The van der Waals surface area contributed by atoms with Gasteiger partial charge in [0.2, 0.25) is 23.6 Å². The van der Waals surface area contributed by atoms with Gasteiger partial charge in [0.15, 0.2) is 11.5 Å². The van der Waals surface area contributed by atoms with Crippen LogP contribution < -0.4 is 9.64 Å². The molecule has 2 heterocycles. The lowest BCUT2D eigenvalue weighted by atomic mass is 9.49. The molecule has 0 bridgehead atoms.